The largest absolute Gasteiger partial charge is 0.383 e. The number of nitrogens with two attached hydrogens (primary N) is 1. The first kappa shape index (κ1) is 15.4. The lowest BCUT2D eigenvalue weighted by Gasteiger charge is -2.10. The summed E-state index contributed by atoms with van der Waals surface area (Å²) in [5, 5.41) is 9.77. The summed E-state index contributed by atoms with van der Waals surface area (Å²) in [6.07, 6.45) is 1.26. The Kier molecular flexibility index (Phi) is 3.83. The molecule has 8 heteroatoms. The number of para-hydroxylation sites is 1. The molecule has 2 N–H and O–H groups in total. The van der Waals surface area contributed by atoms with Gasteiger partial charge in [-0.2, -0.15) is 5.26 Å². The lowest BCUT2D eigenvalue weighted by molar-refractivity contribution is 0.586. The maximum absolute atomic E-state index is 12.4. The number of aryl methyl sites for hydroxylation is 1. The monoisotopic (exact) mass is 322 g/mol. The van der Waals surface area contributed by atoms with Gasteiger partial charge in [0.25, 0.3) is 5.56 Å². The number of rotatable bonds is 3. The third-order valence-electron chi connectivity index (χ3n) is 3.68. The van der Waals surface area contributed by atoms with Gasteiger partial charge in [0.05, 0.1) is 12.1 Å². The molecule has 3 aromatic rings. The van der Waals surface area contributed by atoms with Gasteiger partial charge in [0.15, 0.2) is 5.82 Å². The summed E-state index contributed by atoms with van der Waals surface area (Å²) in [4.78, 5) is 33.2. The molecule has 0 spiro atoms. The molecule has 0 aliphatic carbocycles. The van der Waals surface area contributed by atoms with Crippen LogP contribution in [-0.4, -0.2) is 19.1 Å². The number of anilines is 1. The van der Waals surface area contributed by atoms with Gasteiger partial charge in [-0.3, -0.25) is 13.9 Å². The lowest BCUT2D eigenvalue weighted by Crippen LogP contribution is -2.41. The number of nitrogen functional groups attached to an aromatic ring is 1. The second-order valence-corrected chi connectivity index (χ2v) is 5.16. The Bertz CT molecular complexity index is 1090. The Balaban J connectivity index is 2.17. The van der Waals surface area contributed by atoms with Gasteiger partial charge in [-0.1, -0.05) is 12.1 Å². The Morgan fingerprint density at radius 3 is 2.71 bits per heavy atom. The normalized spacial score (nSPS) is 10.7. The van der Waals surface area contributed by atoms with Gasteiger partial charge in [-0.15, -0.1) is 0 Å². The minimum absolute atomic E-state index is 0.106. The molecule has 24 heavy (non-hydrogen) atoms. The highest BCUT2D eigenvalue weighted by Crippen LogP contribution is 2.17. The van der Waals surface area contributed by atoms with Crippen molar-refractivity contribution in [2.45, 2.75) is 20.0 Å². The summed E-state index contributed by atoms with van der Waals surface area (Å²) in [5.41, 5.74) is 5.26. The van der Waals surface area contributed by atoms with E-state index in [4.69, 9.17) is 11.0 Å². The minimum Gasteiger partial charge on any atom is -0.383 e. The minimum atomic E-state index is -0.664. The molecule has 0 radical (unpaired) electrons. The van der Waals surface area contributed by atoms with Gasteiger partial charge in [0.1, 0.15) is 17.5 Å². The number of nitrogens with zero attached hydrogens (tertiary/aromatic N) is 5. The molecule has 0 bridgehead atoms. The molecule has 0 saturated heterocycles. The van der Waals surface area contributed by atoms with E-state index in [2.05, 4.69) is 9.97 Å². The van der Waals surface area contributed by atoms with Crippen molar-refractivity contribution in [3.63, 3.8) is 0 Å². The van der Waals surface area contributed by atoms with E-state index in [-0.39, 0.29) is 23.8 Å². The second kappa shape index (κ2) is 5.96. The fraction of sp³-hybridized carbons (Fsp3) is 0.188. The standard InChI is InChI=1S/C16H14N6O2/c1-2-21-8-10(7-17)15(23)22(16(21)24)9-13-19-12-6-4-3-5-11(12)14(18)20-13/h3-6,8H,2,9H2,1H3,(H2,18,19,20). The lowest BCUT2D eigenvalue weighted by atomic mass is 10.2. The fourth-order valence-electron chi connectivity index (χ4n) is 2.46. The summed E-state index contributed by atoms with van der Waals surface area (Å²) in [6.45, 7) is 1.94. The van der Waals surface area contributed by atoms with E-state index >= 15 is 0 Å². The van der Waals surface area contributed by atoms with Crippen LogP contribution >= 0.6 is 0 Å². The van der Waals surface area contributed by atoms with Crippen LogP contribution in [0.3, 0.4) is 0 Å². The zero-order valence-corrected chi connectivity index (χ0v) is 12.9. The predicted octanol–water partition coefficient (Wildman–Crippen LogP) is 0.475. The SMILES string of the molecule is CCn1cc(C#N)c(=O)n(Cc2nc(N)c3ccccc3n2)c1=O. The molecule has 3 rings (SSSR count). The molecule has 2 heterocycles. The first-order valence-electron chi connectivity index (χ1n) is 7.30. The Morgan fingerprint density at radius 1 is 1.25 bits per heavy atom. The number of aromatic nitrogens is 4. The van der Waals surface area contributed by atoms with Gasteiger partial charge in [0.2, 0.25) is 0 Å². The Morgan fingerprint density at radius 2 is 2.00 bits per heavy atom. The maximum atomic E-state index is 12.4. The van der Waals surface area contributed by atoms with E-state index in [1.807, 2.05) is 12.1 Å². The van der Waals surface area contributed by atoms with E-state index < -0.39 is 11.2 Å². The number of nitriles is 1. The van der Waals surface area contributed by atoms with Crippen LogP contribution in [0.25, 0.3) is 10.9 Å². The zero-order valence-electron chi connectivity index (χ0n) is 12.9. The number of fused-ring (bicyclic) bond motifs is 1. The number of hydrogen-bond acceptors (Lipinski definition) is 6. The molecule has 0 atom stereocenters. The predicted molar refractivity (Wildman–Crippen MR) is 88.4 cm³/mol. The molecule has 1 aromatic carbocycles. The molecule has 0 amide bonds. The van der Waals surface area contributed by atoms with Crippen molar-refractivity contribution >= 4 is 16.7 Å². The average Bonchev–Trinajstić information content (AvgIpc) is 2.59. The molecule has 8 nitrogen and oxygen atoms in total. The average molecular weight is 322 g/mol. The summed E-state index contributed by atoms with van der Waals surface area (Å²) in [7, 11) is 0. The van der Waals surface area contributed by atoms with Crippen molar-refractivity contribution in [3.05, 3.63) is 62.7 Å². The molecule has 0 saturated carbocycles. The van der Waals surface area contributed by atoms with Crippen LogP contribution in [0.4, 0.5) is 5.82 Å². The molecule has 0 aliphatic heterocycles. The van der Waals surface area contributed by atoms with Crippen molar-refractivity contribution in [3.8, 4) is 6.07 Å². The van der Waals surface area contributed by atoms with Crippen LogP contribution in [0.2, 0.25) is 0 Å². The smallest absolute Gasteiger partial charge is 0.331 e. The van der Waals surface area contributed by atoms with Crippen LogP contribution in [0.1, 0.15) is 18.3 Å². The van der Waals surface area contributed by atoms with Crippen LogP contribution in [0.15, 0.2) is 40.1 Å². The van der Waals surface area contributed by atoms with Crippen molar-refractivity contribution in [1.82, 2.24) is 19.1 Å². The molecule has 0 fully saturated rings. The van der Waals surface area contributed by atoms with Gasteiger partial charge >= 0.3 is 5.69 Å². The van der Waals surface area contributed by atoms with Gasteiger partial charge in [-0.25, -0.2) is 14.8 Å². The maximum Gasteiger partial charge on any atom is 0.331 e. The molecule has 120 valence electrons. The third-order valence-corrected chi connectivity index (χ3v) is 3.68. The highest BCUT2D eigenvalue weighted by Gasteiger charge is 2.13. The van der Waals surface area contributed by atoms with Crippen molar-refractivity contribution < 1.29 is 0 Å². The number of benzene rings is 1. The van der Waals surface area contributed by atoms with E-state index in [0.29, 0.717) is 17.4 Å². The van der Waals surface area contributed by atoms with Crippen LogP contribution < -0.4 is 17.0 Å². The highest BCUT2D eigenvalue weighted by atomic mass is 16.2. The van der Waals surface area contributed by atoms with Crippen molar-refractivity contribution in [2.75, 3.05) is 5.73 Å². The first-order valence-corrected chi connectivity index (χ1v) is 7.30. The summed E-state index contributed by atoms with van der Waals surface area (Å²) >= 11 is 0. The summed E-state index contributed by atoms with van der Waals surface area (Å²) in [6, 6.07) is 9.00. The molecular weight excluding hydrogens is 308 g/mol. The molecular formula is C16H14N6O2. The Hall–Kier alpha value is -3.47. The molecule has 0 unspecified atom stereocenters. The number of hydrogen-bond donors (Lipinski definition) is 1. The van der Waals surface area contributed by atoms with Crippen molar-refractivity contribution in [1.29, 1.82) is 5.26 Å². The highest BCUT2D eigenvalue weighted by molar-refractivity contribution is 5.87. The van der Waals surface area contributed by atoms with E-state index in [0.717, 1.165) is 4.57 Å². The van der Waals surface area contributed by atoms with Crippen LogP contribution in [0.5, 0.6) is 0 Å². The van der Waals surface area contributed by atoms with Gasteiger partial charge in [0, 0.05) is 18.1 Å². The third kappa shape index (κ3) is 2.52. The van der Waals surface area contributed by atoms with Gasteiger partial charge in [-0.05, 0) is 19.1 Å². The van der Waals surface area contributed by atoms with E-state index in [1.165, 1.54) is 10.8 Å². The van der Waals surface area contributed by atoms with Gasteiger partial charge < -0.3 is 5.73 Å². The second-order valence-electron chi connectivity index (χ2n) is 5.16. The van der Waals surface area contributed by atoms with E-state index in [9.17, 15) is 9.59 Å². The van der Waals surface area contributed by atoms with Crippen molar-refractivity contribution in [2.24, 2.45) is 0 Å². The van der Waals surface area contributed by atoms with Crippen LogP contribution in [-0.2, 0) is 13.1 Å². The van der Waals surface area contributed by atoms with E-state index in [1.54, 1.807) is 25.1 Å². The summed E-state index contributed by atoms with van der Waals surface area (Å²) in [5.74, 6) is 0.513. The molecule has 0 aliphatic rings. The Labute approximate surface area is 136 Å². The quantitative estimate of drug-likeness (QED) is 0.748. The first-order chi connectivity index (χ1) is 11.5. The fourth-order valence-corrected chi connectivity index (χ4v) is 2.46. The zero-order chi connectivity index (χ0) is 17.3. The van der Waals surface area contributed by atoms with Crippen LogP contribution in [0, 0.1) is 11.3 Å². The molecule has 2 aromatic heterocycles. The summed E-state index contributed by atoms with van der Waals surface area (Å²) < 4.78 is 2.25. The topological polar surface area (TPSA) is 120 Å².